The Morgan fingerprint density at radius 3 is 2.21 bits per heavy atom. The second-order valence-corrected chi connectivity index (χ2v) is 9.44. The summed E-state index contributed by atoms with van der Waals surface area (Å²) >= 11 is 0. The van der Waals surface area contributed by atoms with Crippen LogP contribution in [0.3, 0.4) is 0 Å². The van der Waals surface area contributed by atoms with Crippen LogP contribution in [-0.4, -0.2) is 6.79 Å². The molecule has 4 fully saturated rings. The fourth-order valence-corrected chi connectivity index (χ4v) is 6.89. The monoisotopic (exact) mass is 375 g/mol. The molecule has 28 heavy (non-hydrogen) atoms. The topological polar surface area (TPSA) is 47.9 Å². The second kappa shape index (κ2) is 6.07. The lowest BCUT2D eigenvalue weighted by Gasteiger charge is -2.57. The van der Waals surface area contributed by atoms with Gasteiger partial charge in [0.1, 0.15) is 6.54 Å². The number of nitrogens with zero attached hydrogens (tertiary/aromatic N) is 1. The van der Waals surface area contributed by atoms with Gasteiger partial charge in [-0.3, -0.25) is 0 Å². The predicted octanol–water partition coefficient (Wildman–Crippen LogP) is 5.82. The molecule has 1 aliphatic heterocycles. The number of fused-ring (bicyclic) bond motifs is 1. The van der Waals surface area contributed by atoms with Crippen LogP contribution in [0.1, 0.15) is 49.7 Å². The van der Waals surface area contributed by atoms with E-state index in [9.17, 15) is 4.91 Å². The summed E-state index contributed by atoms with van der Waals surface area (Å²) in [6, 6.07) is 12.6. The Hall–Kier alpha value is -2.36. The van der Waals surface area contributed by atoms with Gasteiger partial charge in [0.25, 0.3) is 0 Å². The molecule has 2 aromatic carbocycles. The van der Waals surface area contributed by atoms with Gasteiger partial charge in [-0.05, 0) is 90.5 Å². The maximum Gasteiger partial charge on any atom is 0.231 e. The lowest BCUT2D eigenvalue weighted by molar-refractivity contribution is -0.00626. The molecule has 0 atom stereocenters. The van der Waals surface area contributed by atoms with Crippen molar-refractivity contribution >= 4 is 0 Å². The van der Waals surface area contributed by atoms with Gasteiger partial charge in [-0.25, -0.2) is 0 Å². The van der Waals surface area contributed by atoms with E-state index in [0.717, 1.165) is 40.4 Å². The van der Waals surface area contributed by atoms with Crippen LogP contribution in [0.5, 0.6) is 11.5 Å². The first-order valence-electron chi connectivity index (χ1n) is 10.5. The van der Waals surface area contributed by atoms with E-state index in [2.05, 4.69) is 29.4 Å². The molecule has 0 radical (unpaired) electrons. The van der Waals surface area contributed by atoms with Gasteiger partial charge in [-0.2, -0.15) is 4.91 Å². The highest BCUT2D eigenvalue weighted by Crippen LogP contribution is 2.63. The summed E-state index contributed by atoms with van der Waals surface area (Å²) in [6.45, 7) is 0.544. The van der Waals surface area contributed by atoms with Crippen molar-refractivity contribution in [3.05, 3.63) is 52.4 Å². The molecule has 4 bridgehead atoms. The van der Waals surface area contributed by atoms with E-state index in [1.807, 2.05) is 12.1 Å². The molecule has 4 aliphatic carbocycles. The molecule has 5 aliphatic rings. The Morgan fingerprint density at radius 1 is 0.893 bits per heavy atom. The Kier molecular flexibility index (Phi) is 3.59. The fraction of sp³-hybridized carbons (Fsp3) is 0.500. The molecule has 4 saturated carbocycles. The van der Waals surface area contributed by atoms with Crippen LogP contribution in [0.15, 0.2) is 41.6 Å². The number of hydrogen-bond donors (Lipinski definition) is 0. The summed E-state index contributed by atoms with van der Waals surface area (Å²) in [5.74, 6) is 4.56. The smallest absolute Gasteiger partial charge is 0.231 e. The van der Waals surface area contributed by atoms with Gasteiger partial charge in [0, 0.05) is 5.56 Å². The van der Waals surface area contributed by atoms with Gasteiger partial charge in [-0.1, -0.05) is 29.4 Å². The molecule has 0 amide bonds. The van der Waals surface area contributed by atoms with E-state index in [1.54, 1.807) is 0 Å². The van der Waals surface area contributed by atoms with E-state index < -0.39 is 0 Å². The van der Waals surface area contributed by atoms with Crippen molar-refractivity contribution in [2.75, 3.05) is 6.79 Å². The van der Waals surface area contributed by atoms with Crippen LogP contribution in [-0.2, 0) is 12.0 Å². The van der Waals surface area contributed by atoms with Gasteiger partial charge < -0.3 is 9.47 Å². The molecule has 2 aromatic rings. The second-order valence-electron chi connectivity index (χ2n) is 9.44. The van der Waals surface area contributed by atoms with Crippen molar-refractivity contribution in [1.29, 1.82) is 0 Å². The average molecular weight is 375 g/mol. The molecule has 1 heterocycles. The van der Waals surface area contributed by atoms with Crippen molar-refractivity contribution in [2.24, 2.45) is 22.9 Å². The highest BCUT2D eigenvalue weighted by molar-refractivity contribution is 5.71. The summed E-state index contributed by atoms with van der Waals surface area (Å²) in [5.41, 5.74) is 4.93. The van der Waals surface area contributed by atoms with Crippen molar-refractivity contribution in [3.8, 4) is 22.6 Å². The first kappa shape index (κ1) is 16.6. The van der Waals surface area contributed by atoms with Crippen molar-refractivity contribution < 1.29 is 9.47 Å². The quantitative estimate of drug-likeness (QED) is 0.633. The third-order valence-corrected chi connectivity index (χ3v) is 7.62. The molecule has 0 unspecified atom stereocenters. The Labute approximate surface area is 165 Å². The number of nitroso groups, excluding NO2 is 1. The Balaban J connectivity index is 1.45. The zero-order valence-electron chi connectivity index (χ0n) is 16.0. The first-order chi connectivity index (χ1) is 13.7. The minimum absolute atomic E-state index is 0.222. The predicted molar refractivity (Wildman–Crippen MR) is 107 cm³/mol. The third-order valence-electron chi connectivity index (χ3n) is 7.62. The minimum atomic E-state index is 0.222. The van der Waals surface area contributed by atoms with E-state index >= 15 is 0 Å². The molecule has 7 rings (SSSR count). The molecule has 0 aromatic heterocycles. The Bertz CT molecular complexity index is 898. The number of hydrogen-bond acceptors (Lipinski definition) is 4. The zero-order chi connectivity index (χ0) is 18.7. The van der Waals surface area contributed by atoms with Crippen LogP contribution in [0.4, 0.5) is 0 Å². The van der Waals surface area contributed by atoms with Crippen molar-refractivity contribution in [2.45, 2.75) is 50.5 Å². The molecular formula is C24H25NO3. The van der Waals surface area contributed by atoms with Gasteiger partial charge >= 0.3 is 0 Å². The van der Waals surface area contributed by atoms with E-state index in [4.69, 9.17) is 9.47 Å². The van der Waals surface area contributed by atoms with Gasteiger partial charge in [-0.15, -0.1) is 0 Å². The maximum atomic E-state index is 10.5. The summed E-state index contributed by atoms with van der Waals surface area (Å²) in [7, 11) is 0. The summed E-state index contributed by atoms with van der Waals surface area (Å²) in [6.07, 6.45) is 8.23. The third kappa shape index (κ3) is 2.50. The molecule has 0 N–H and O–H groups in total. The molecule has 4 heteroatoms. The number of ether oxygens (including phenoxy) is 2. The standard InChI is InChI=1S/C24H25NO3/c26-25-13-15-1-3-19(4-2-15)20-8-21(23-22(9-20)27-14-28-23)24-10-16-5-17(11-24)7-18(6-16)12-24/h1-4,8-9,16-18H,5-7,10-14H2. The van der Waals surface area contributed by atoms with Crippen LogP contribution in [0, 0.1) is 22.7 Å². The minimum Gasteiger partial charge on any atom is -0.454 e. The van der Waals surface area contributed by atoms with E-state index in [-0.39, 0.29) is 12.0 Å². The zero-order valence-corrected chi connectivity index (χ0v) is 16.0. The number of benzene rings is 2. The van der Waals surface area contributed by atoms with Crippen LogP contribution in [0.25, 0.3) is 11.1 Å². The highest BCUT2D eigenvalue weighted by atomic mass is 16.7. The van der Waals surface area contributed by atoms with Gasteiger partial charge in [0.05, 0.1) is 0 Å². The largest absolute Gasteiger partial charge is 0.454 e. The van der Waals surface area contributed by atoms with Crippen molar-refractivity contribution in [3.63, 3.8) is 0 Å². The van der Waals surface area contributed by atoms with Crippen LogP contribution < -0.4 is 9.47 Å². The number of rotatable bonds is 4. The molecule has 0 saturated heterocycles. The maximum absolute atomic E-state index is 10.5. The first-order valence-corrected chi connectivity index (χ1v) is 10.5. The molecule has 4 nitrogen and oxygen atoms in total. The fourth-order valence-electron chi connectivity index (χ4n) is 6.89. The van der Waals surface area contributed by atoms with E-state index in [0.29, 0.717) is 6.79 Å². The van der Waals surface area contributed by atoms with Gasteiger partial charge in [0.15, 0.2) is 11.5 Å². The van der Waals surface area contributed by atoms with Crippen molar-refractivity contribution in [1.82, 2.24) is 0 Å². The summed E-state index contributed by atoms with van der Waals surface area (Å²) < 4.78 is 11.8. The highest BCUT2D eigenvalue weighted by Gasteiger charge is 2.53. The SMILES string of the molecule is O=NCc1ccc(-c2cc3c(c(C45CC6CC(CC(C6)C4)C5)c2)OCO3)cc1. The molecule has 144 valence electrons. The molecule has 0 spiro atoms. The van der Waals surface area contributed by atoms with Crippen LogP contribution in [0.2, 0.25) is 0 Å². The lowest BCUT2D eigenvalue weighted by atomic mass is 9.48. The van der Waals surface area contributed by atoms with Gasteiger partial charge in [0.2, 0.25) is 6.79 Å². The molecular weight excluding hydrogens is 350 g/mol. The average Bonchev–Trinajstić information content (AvgIpc) is 3.15. The summed E-state index contributed by atoms with van der Waals surface area (Å²) in [5, 5.41) is 2.99. The van der Waals surface area contributed by atoms with Crippen LogP contribution >= 0.6 is 0 Å². The lowest BCUT2D eigenvalue weighted by Crippen LogP contribution is -2.48. The Morgan fingerprint density at radius 2 is 1.57 bits per heavy atom. The normalized spacial score (nSPS) is 31.9. The van der Waals surface area contributed by atoms with E-state index in [1.165, 1.54) is 49.7 Å². The summed E-state index contributed by atoms with van der Waals surface area (Å²) in [4.78, 5) is 10.5.